The summed E-state index contributed by atoms with van der Waals surface area (Å²) in [6.45, 7) is 6.32. The van der Waals surface area contributed by atoms with Crippen LogP contribution in [0, 0.1) is 10.1 Å². The van der Waals surface area contributed by atoms with E-state index < -0.39 is 16.6 Å². The molecule has 24 heavy (non-hydrogen) atoms. The zero-order chi connectivity index (χ0) is 18.5. The lowest BCUT2D eigenvalue weighted by atomic mass is 10.2. The van der Waals surface area contributed by atoms with E-state index in [0.29, 0.717) is 29.7 Å². The van der Waals surface area contributed by atoms with E-state index in [-0.39, 0.29) is 10.7 Å². The van der Waals surface area contributed by atoms with Gasteiger partial charge in [0.05, 0.1) is 4.92 Å². The summed E-state index contributed by atoms with van der Waals surface area (Å²) < 4.78 is 5.77. The average molecular weight is 423 g/mol. The Bertz CT molecular complexity index is 619. The molecule has 0 aliphatic carbocycles. The second-order valence-electron chi connectivity index (χ2n) is 6.22. The third-order valence-corrected chi connectivity index (χ3v) is 3.75. The number of nitro groups is 1. The molecule has 1 aromatic carbocycles. The number of benzene rings is 1. The van der Waals surface area contributed by atoms with Crippen molar-refractivity contribution in [2.75, 3.05) is 25.5 Å². The van der Waals surface area contributed by atoms with Gasteiger partial charge < -0.3 is 15.0 Å². The molecule has 1 rings (SSSR count). The summed E-state index contributed by atoms with van der Waals surface area (Å²) in [6.07, 6.45) is 0.197. The van der Waals surface area contributed by atoms with Crippen LogP contribution in [0.25, 0.3) is 0 Å². The lowest BCUT2D eigenvalue weighted by Crippen LogP contribution is -2.35. The molecule has 0 unspecified atom stereocenters. The molecule has 0 bridgehead atoms. The Kier molecular flexibility index (Phi) is 7.28. The van der Waals surface area contributed by atoms with Gasteiger partial charge in [-0.25, -0.2) is 4.79 Å². The van der Waals surface area contributed by atoms with E-state index in [9.17, 15) is 14.9 Å². The van der Waals surface area contributed by atoms with Gasteiger partial charge in [-0.3, -0.25) is 10.1 Å². The molecule has 134 valence electrons. The standard InChI is InChI=1S/C15H21BrClN3O4/c1-15(2,3)24-14(21)19(4)7-5-6-18-13-11(16)8-10(17)9-12(13)20(22)23/h8-9,18H,5-7H2,1-4H3. The Hall–Kier alpha value is -1.54. The Labute approximate surface area is 154 Å². The van der Waals surface area contributed by atoms with Crippen LogP contribution in [0.5, 0.6) is 0 Å². The first kappa shape index (κ1) is 20.5. The molecule has 1 amide bonds. The van der Waals surface area contributed by atoms with Crippen LogP contribution in [0.4, 0.5) is 16.2 Å². The number of carbonyl (C=O) groups is 1. The average Bonchev–Trinajstić information content (AvgIpc) is 2.42. The van der Waals surface area contributed by atoms with Crippen molar-refractivity contribution in [2.24, 2.45) is 0 Å². The van der Waals surface area contributed by atoms with Crippen molar-refractivity contribution in [1.82, 2.24) is 4.90 Å². The number of hydrogen-bond acceptors (Lipinski definition) is 5. The third-order valence-electron chi connectivity index (χ3n) is 2.91. The first-order valence-electron chi connectivity index (χ1n) is 7.32. The number of carbonyl (C=O) groups excluding carboxylic acids is 1. The van der Waals surface area contributed by atoms with E-state index in [1.165, 1.54) is 11.0 Å². The number of nitrogens with zero attached hydrogens (tertiary/aromatic N) is 2. The highest BCUT2D eigenvalue weighted by Gasteiger charge is 2.20. The van der Waals surface area contributed by atoms with E-state index in [4.69, 9.17) is 16.3 Å². The van der Waals surface area contributed by atoms with Crippen molar-refractivity contribution in [2.45, 2.75) is 32.8 Å². The number of anilines is 1. The molecule has 0 radical (unpaired) electrons. The van der Waals surface area contributed by atoms with Crippen LogP contribution in [-0.4, -0.2) is 41.7 Å². The number of rotatable bonds is 6. The maximum Gasteiger partial charge on any atom is 0.410 e. The predicted octanol–water partition coefficient (Wildman–Crippen LogP) is 4.68. The maximum absolute atomic E-state index is 11.8. The molecular formula is C15H21BrClN3O4. The molecule has 0 aliphatic rings. The van der Waals surface area contributed by atoms with Gasteiger partial charge in [-0.05, 0) is 49.2 Å². The molecule has 0 saturated carbocycles. The quantitative estimate of drug-likeness (QED) is 0.409. The van der Waals surface area contributed by atoms with Crippen molar-refractivity contribution in [3.05, 3.63) is 31.7 Å². The van der Waals surface area contributed by atoms with Gasteiger partial charge in [-0.2, -0.15) is 0 Å². The summed E-state index contributed by atoms with van der Waals surface area (Å²) in [7, 11) is 1.65. The van der Waals surface area contributed by atoms with Gasteiger partial charge in [0, 0.05) is 35.7 Å². The number of halogens is 2. The monoisotopic (exact) mass is 421 g/mol. The molecule has 0 aliphatic heterocycles. The van der Waals surface area contributed by atoms with Crippen molar-refractivity contribution < 1.29 is 14.5 Å². The second kappa shape index (κ2) is 8.53. The second-order valence-corrected chi connectivity index (χ2v) is 7.51. The van der Waals surface area contributed by atoms with E-state index >= 15 is 0 Å². The van der Waals surface area contributed by atoms with Crippen LogP contribution < -0.4 is 5.32 Å². The van der Waals surface area contributed by atoms with Crippen LogP contribution in [0.3, 0.4) is 0 Å². The highest BCUT2D eigenvalue weighted by atomic mass is 79.9. The van der Waals surface area contributed by atoms with E-state index in [0.717, 1.165) is 0 Å². The zero-order valence-electron chi connectivity index (χ0n) is 14.1. The maximum atomic E-state index is 11.8. The van der Waals surface area contributed by atoms with Crippen molar-refractivity contribution in [3.8, 4) is 0 Å². The minimum Gasteiger partial charge on any atom is -0.444 e. The van der Waals surface area contributed by atoms with Gasteiger partial charge in [-0.15, -0.1) is 0 Å². The molecular weight excluding hydrogens is 402 g/mol. The lowest BCUT2D eigenvalue weighted by Gasteiger charge is -2.24. The number of nitrogens with one attached hydrogen (secondary N) is 1. The Morgan fingerprint density at radius 2 is 2.08 bits per heavy atom. The molecule has 0 saturated heterocycles. The molecule has 0 spiro atoms. The summed E-state index contributed by atoms with van der Waals surface area (Å²) >= 11 is 9.10. The van der Waals surface area contributed by atoms with Crippen molar-refractivity contribution >= 4 is 45.0 Å². The van der Waals surface area contributed by atoms with Gasteiger partial charge in [-0.1, -0.05) is 11.6 Å². The minimum absolute atomic E-state index is 0.102. The largest absolute Gasteiger partial charge is 0.444 e. The summed E-state index contributed by atoms with van der Waals surface area (Å²) in [6, 6.07) is 2.88. The normalized spacial score (nSPS) is 11.1. The first-order valence-corrected chi connectivity index (χ1v) is 8.50. The Morgan fingerprint density at radius 1 is 1.46 bits per heavy atom. The molecule has 9 heteroatoms. The third kappa shape index (κ3) is 6.52. The minimum atomic E-state index is -0.543. The van der Waals surface area contributed by atoms with Gasteiger partial charge in [0.25, 0.3) is 5.69 Å². The molecule has 0 fully saturated rings. The number of hydrogen-bond donors (Lipinski definition) is 1. The summed E-state index contributed by atoms with van der Waals surface area (Å²) in [5.74, 6) is 0. The van der Waals surface area contributed by atoms with Gasteiger partial charge in [0.2, 0.25) is 0 Å². The van der Waals surface area contributed by atoms with E-state index in [1.807, 2.05) is 0 Å². The summed E-state index contributed by atoms with van der Waals surface area (Å²) in [5.41, 5.74) is -0.280. The highest BCUT2D eigenvalue weighted by Crippen LogP contribution is 2.35. The fraction of sp³-hybridized carbons (Fsp3) is 0.533. The summed E-state index contributed by atoms with van der Waals surface area (Å²) in [4.78, 5) is 23.9. The molecule has 1 aromatic rings. The smallest absolute Gasteiger partial charge is 0.410 e. The van der Waals surface area contributed by atoms with Crippen molar-refractivity contribution in [1.29, 1.82) is 0 Å². The molecule has 0 aromatic heterocycles. The lowest BCUT2D eigenvalue weighted by molar-refractivity contribution is -0.384. The summed E-state index contributed by atoms with van der Waals surface area (Å²) in [5, 5.41) is 14.4. The van der Waals surface area contributed by atoms with Gasteiger partial charge >= 0.3 is 6.09 Å². The van der Waals surface area contributed by atoms with Crippen LogP contribution in [0.2, 0.25) is 5.02 Å². The van der Waals surface area contributed by atoms with E-state index in [1.54, 1.807) is 33.9 Å². The Balaban J connectivity index is 2.57. The van der Waals surface area contributed by atoms with Crippen LogP contribution in [-0.2, 0) is 4.74 Å². The van der Waals surface area contributed by atoms with Crippen LogP contribution in [0.15, 0.2) is 16.6 Å². The fourth-order valence-electron chi connectivity index (χ4n) is 1.84. The van der Waals surface area contributed by atoms with Crippen molar-refractivity contribution in [3.63, 3.8) is 0 Å². The SMILES string of the molecule is CN(CCCNc1c(Br)cc(Cl)cc1[N+](=O)[O-])C(=O)OC(C)(C)C. The topological polar surface area (TPSA) is 84.7 Å². The number of ether oxygens (including phenoxy) is 1. The van der Waals surface area contributed by atoms with Gasteiger partial charge in [0.15, 0.2) is 0 Å². The Morgan fingerprint density at radius 3 is 2.62 bits per heavy atom. The number of amides is 1. The number of nitro benzene ring substituents is 1. The van der Waals surface area contributed by atoms with Crippen LogP contribution >= 0.6 is 27.5 Å². The van der Waals surface area contributed by atoms with Gasteiger partial charge in [0.1, 0.15) is 11.3 Å². The molecule has 1 N–H and O–H groups in total. The molecule has 0 atom stereocenters. The predicted molar refractivity (Wildman–Crippen MR) is 97.8 cm³/mol. The molecule has 0 heterocycles. The molecule has 7 nitrogen and oxygen atoms in total. The zero-order valence-corrected chi connectivity index (χ0v) is 16.4. The van der Waals surface area contributed by atoms with Crippen LogP contribution in [0.1, 0.15) is 27.2 Å². The van der Waals surface area contributed by atoms with E-state index in [2.05, 4.69) is 21.2 Å². The first-order chi connectivity index (χ1) is 11.0. The fourth-order valence-corrected chi connectivity index (χ4v) is 2.77. The highest BCUT2D eigenvalue weighted by molar-refractivity contribution is 9.10.